The van der Waals surface area contributed by atoms with Gasteiger partial charge in [0.15, 0.2) is 5.65 Å². The van der Waals surface area contributed by atoms with Crippen LogP contribution in [0.3, 0.4) is 0 Å². The van der Waals surface area contributed by atoms with Gasteiger partial charge in [-0.3, -0.25) is 4.40 Å². The molecule has 0 saturated heterocycles. The molecule has 5 aromatic carbocycles. The minimum atomic E-state index is 0.818. The van der Waals surface area contributed by atoms with Gasteiger partial charge in [-0.25, -0.2) is 9.97 Å². The Labute approximate surface area is 274 Å². The number of rotatable bonds is 2. The fourth-order valence-corrected chi connectivity index (χ4v) is 9.41. The van der Waals surface area contributed by atoms with E-state index in [-0.39, 0.29) is 0 Å². The van der Waals surface area contributed by atoms with Gasteiger partial charge in [-0.1, -0.05) is 91.0 Å². The Morgan fingerprint density at radius 3 is 2.21 bits per heavy atom. The Hall–Kier alpha value is -5.83. The summed E-state index contributed by atoms with van der Waals surface area (Å²) in [4.78, 5) is 11.1. The van der Waals surface area contributed by atoms with Gasteiger partial charge in [0.1, 0.15) is 16.0 Å². The van der Waals surface area contributed by atoms with E-state index < -0.39 is 0 Å². The van der Waals surface area contributed by atoms with Crippen LogP contribution < -0.4 is 0 Å². The molecule has 0 spiro atoms. The van der Waals surface area contributed by atoms with E-state index in [9.17, 15) is 0 Å². The van der Waals surface area contributed by atoms with Crippen LogP contribution in [0.25, 0.3) is 101 Å². The van der Waals surface area contributed by atoms with Gasteiger partial charge in [0, 0.05) is 31.8 Å². The molecule has 11 rings (SSSR count). The van der Waals surface area contributed by atoms with Gasteiger partial charge in [0.25, 0.3) is 0 Å². The van der Waals surface area contributed by atoms with Gasteiger partial charge < -0.3 is 0 Å². The fourth-order valence-electron chi connectivity index (χ4n) is 7.01. The number of pyridine rings is 2. The molecular formula is C39H20N6S2. The number of fused-ring (bicyclic) bond motifs is 13. The highest BCUT2D eigenvalue weighted by molar-refractivity contribution is 7.27. The van der Waals surface area contributed by atoms with Crippen molar-refractivity contribution in [1.82, 2.24) is 29.8 Å². The number of nitrogens with zero attached hydrogens (tertiary/aromatic N) is 6. The molecule has 0 saturated carbocycles. The summed E-state index contributed by atoms with van der Waals surface area (Å²) in [5.41, 5.74) is 8.89. The number of hydrogen-bond acceptors (Lipinski definition) is 7. The van der Waals surface area contributed by atoms with Crippen molar-refractivity contribution in [3.63, 3.8) is 0 Å². The van der Waals surface area contributed by atoms with Crippen molar-refractivity contribution in [3.8, 4) is 22.5 Å². The second kappa shape index (κ2) is 9.35. The molecule has 11 aromatic rings. The normalized spacial score (nSPS) is 12.3. The van der Waals surface area contributed by atoms with E-state index in [2.05, 4.69) is 123 Å². The highest BCUT2D eigenvalue weighted by Gasteiger charge is 2.20. The van der Waals surface area contributed by atoms with Crippen LogP contribution in [-0.4, -0.2) is 29.8 Å². The number of aromatic nitrogens is 6. The molecule has 6 heterocycles. The Morgan fingerprint density at radius 1 is 0.511 bits per heavy atom. The second-order valence-electron chi connectivity index (χ2n) is 11.8. The Bertz CT molecular complexity index is 3080. The molecule has 0 N–H and O–H groups in total. The summed E-state index contributed by atoms with van der Waals surface area (Å²) in [6.45, 7) is 0. The first-order chi connectivity index (χ1) is 23.3. The summed E-state index contributed by atoms with van der Waals surface area (Å²) in [5, 5.41) is 20.3. The summed E-state index contributed by atoms with van der Waals surface area (Å²) in [7, 11) is 0. The van der Waals surface area contributed by atoms with Crippen LogP contribution >= 0.6 is 22.7 Å². The van der Waals surface area contributed by atoms with E-state index in [0.29, 0.717) is 0 Å². The molecule has 0 aliphatic heterocycles. The molecule has 0 bridgehead atoms. The van der Waals surface area contributed by atoms with Crippen LogP contribution in [0, 0.1) is 0 Å². The molecule has 0 fully saturated rings. The van der Waals surface area contributed by atoms with Crippen LogP contribution in [-0.2, 0) is 0 Å². The van der Waals surface area contributed by atoms with Crippen LogP contribution in [0.15, 0.2) is 121 Å². The zero-order valence-electron chi connectivity index (χ0n) is 24.5. The van der Waals surface area contributed by atoms with Crippen molar-refractivity contribution in [1.29, 1.82) is 0 Å². The summed E-state index contributed by atoms with van der Waals surface area (Å²) >= 11 is 3.45. The Morgan fingerprint density at radius 2 is 1.30 bits per heavy atom. The quantitative estimate of drug-likeness (QED) is 0.189. The van der Waals surface area contributed by atoms with E-state index in [1.807, 2.05) is 29.5 Å². The molecule has 0 aliphatic rings. The summed E-state index contributed by atoms with van der Waals surface area (Å²) in [6, 6.07) is 42.8. The van der Waals surface area contributed by atoms with Crippen molar-refractivity contribution < 1.29 is 0 Å². The lowest BCUT2D eigenvalue weighted by atomic mass is 10.0. The first-order valence-electron chi connectivity index (χ1n) is 15.3. The van der Waals surface area contributed by atoms with Crippen LogP contribution in [0.1, 0.15) is 0 Å². The molecule has 0 unspecified atom stereocenters. The minimum Gasteiger partial charge on any atom is -0.291 e. The molecule has 0 aliphatic carbocycles. The molecule has 218 valence electrons. The smallest absolute Gasteiger partial charge is 0.156 e. The van der Waals surface area contributed by atoms with Crippen LogP contribution in [0.4, 0.5) is 0 Å². The zero-order valence-corrected chi connectivity index (χ0v) is 26.2. The predicted octanol–water partition coefficient (Wildman–Crippen LogP) is 10.4. The Balaban J connectivity index is 1.13. The average molecular weight is 637 g/mol. The highest BCUT2D eigenvalue weighted by atomic mass is 32.1. The molecule has 0 amide bonds. The van der Waals surface area contributed by atoms with E-state index in [1.54, 1.807) is 11.3 Å². The molecule has 47 heavy (non-hydrogen) atoms. The van der Waals surface area contributed by atoms with Crippen molar-refractivity contribution in [2.24, 2.45) is 0 Å². The summed E-state index contributed by atoms with van der Waals surface area (Å²) < 4.78 is 5.81. The zero-order chi connectivity index (χ0) is 30.6. The Kier molecular flexibility index (Phi) is 5.05. The summed E-state index contributed by atoms with van der Waals surface area (Å²) in [6.07, 6.45) is 0. The largest absolute Gasteiger partial charge is 0.291 e. The third kappa shape index (κ3) is 3.56. The number of imidazole rings is 1. The number of hydrogen-bond donors (Lipinski definition) is 0. The minimum absolute atomic E-state index is 0.818. The van der Waals surface area contributed by atoms with Gasteiger partial charge in [-0.05, 0) is 51.9 Å². The van der Waals surface area contributed by atoms with Gasteiger partial charge in [0.2, 0.25) is 0 Å². The molecule has 8 heteroatoms. The molecule has 6 nitrogen and oxygen atoms in total. The van der Waals surface area contributed by atoms with E-state index in [0.717, 1.165) is 70.5 Å². The lowest BCUT2D eigenvalue weighted by molar-refractivity contribution is 0.904. The molecule has 0 radical (unpaired) electrons. The first-order valence-corrected chi connectivity index (χ1v) is 17.0. The predicted molar refractivity (Wildman–Crippen MR) is 196 cm³/mol. The van der Waals surface area contributed by atoms with E-state index in [1.165, 1.54) is 30.9 Å². The maximum atomic E-state index is 5.19. The lowest BCUT2D eigenvalue weighted by Crippen LogP contribution is -1.94. The van der Waals surface area contributed by atoms with Crippen molar-refractivity contribution >= 4 is 102 Å². The van der Waals surface area contributed by atoms with E-state index in [4.69, 9.17) is 9.97 Å². The number of para-hydroxylation sites is 3. The topological polar surface area (TPSA) is 68.9 Å². The van der Waals surface area contributed by atoms with Gasteiger partial charge in [-0.15, -0.1) is 32.9 Å². The maximum Gasteiger partial charge on any atom is 0.156 e. The van der Waals surface area contributed by atoms with Crippen LogP contribution in [0.5, 0.6) is 0 Å². The van der Waals surface area contributed by atoms with Crippen molar-refractivity contribution in [2.45, 2.75) is 0 Å². The van der Waals surface area contributed by atoms with Gasteiger partial charge >= 0.3 is 0 Å². The average Bonchev–Trinajstić information content (AvgIpc) is 3.82. The standard InChI is InChI=1S/C39H20N6S2/c1-3-9-25-21(7-1)17-18-26-27-20-32(45-31-12-6-5-11-30(31)40-38(45)36(27)46-35(25)26)22-13-15-23(16-14-22)33-37-34(43-44-42-33)28-19-24-8-2-4-10-29(24)41-39(28)47-37/h1-20H. The second-order valence-corrected chi connectivity index (χ2v) is 13.8. The third-order valence-electron chi connectivity index (χ3n) is 9.22. The van der Waals surface area contributed by atoms with Crippen molar-refractivity contribution in [3.05, 3.63) is 121 Å². The maximum absolute atomic E-state index is 5.19. The third-order valence-corrected chi connectivity index (χ3v) is 11.6. The van der Waals surface area contributed by atoms with Crippen LogP contribution in [0.2, 0.25) is 0 Å². The van der Waals surface area contributed by atoms with Gasteiger partial charge in [-0.2, -0.15) is 0 Å². The summed E-state index contributed by atoms with van der Waals surface area (Å²) in [5.74, 6) is 0. The fraction of sp³-hybridized carbons (Fsp3) is 0. The molecule has 0 atom stereocenters. The van der Waals surface area contributed by atoms with E-state index >= 15 is 0 Å². The molecular weight excluding hydrogens is 617 g/mol. The lowest BCUT2D eigenvalue weighted by Gasteiger charge is -2.10. The van der Waals surface area contributed by atoms with Gasteiger partial charge in [0.05, 0.1) is 31.6 Å². The first kappa shape index (κ1) is 25.4. The monoisotopic (exact) mass is 636 g/mol. The number of benzene rings is 5. The number of thiophene rings is 2. The highest BCUT2D eigenvalue weighted by Crippen LogP contribution is 2.43. The molecule has 6 aromatic heterocycles. The van der Waals surface area contributed by atoms with Crippen molar-refractivity contribution in [2.75, 3.05) is 0 Å². The SMILES string of the molecule is c1ccc2nc3sc4c(-c5ccc(-c6cc7c8ccc9ccccc9c8sc7c7nc8ccccc8n67)cc5)nnnc4c3cc2c1.